The van der Waals surface area contributed by atoms with Crippen molar-refractivity contribution in [2.75, 3.05) is 11.9 Å². The first-order chi connectivity index (χ1) is 11.9. The van der Waals surface area contributed by atoms with Crippen molar-refractivity contribution in [3.63, 3.8) is 0 Å². The first-order valence-electron chi connectivity index (χ1n) is 8.47. The number of thiazole rings is 1. The van der Waals surface area contributed by atoms with Crippen molar-refractivity contribution in [1.82, 2.24) is 9.88 Å². The minimum atomic E-state index is -3.69. The normalized spacial score (nSPS) is 19.0. The number of likely N-dealkylation sites (tertiary alicyclic amines) is 1. The SMILES string of the molecule is CC1CCCCN1Cc1ccccc1CNc1ncc(S(N)(=O)=O)s1. The third kappa shape index (κ3) is 4.78. The molecule has 3 N–H and O–H groups in total. The van der Waals surface area contributed by atoms with E-state index < -0.39 is 10.0 Å². The van der Waals surface area contributed by atoms with Crippen LogP contribution < -0.4 is 10.5 Å². The maximum atomic E-state index is 11.3. The van der Waals surface area contributed by atoms with Gasteiger partial charge in [0.05, 0.1) is 6.20 Å². The summed E-state index contributed by atoms with van der Waals surface area (Å²) in [6.07, 6.45) is 5.14. The second-order valence-corrected chi connectivity index (χ2v) is 9.29. The standard InChI is InChI=1S/C17H24N4O2S2/c1-13-6-4-5-9-21(13)12-15-8-3-2-7-14(15)10-19-17-20-11-16(24-17)25(18,22)23/h2-3,7-8,11,13H,4-6,9-10,12H2,1H3,(H,19,20)(H2,18,22,23). The second-order valence-electron chi connectivity index (χ2n) is 6.47. The molecule has 6 nitrogen and oxygen atoms in total. The van der Waals surface area contributed by atoms with E-state index in [0.717, 1.165) is 24.4 Å². The van der Waals surface area contributed by atoms with E-state index in [1.165, 1.54) is 36.6 Å². The third-order valence-electron chi connectivity index (χ3n) is 4.63. The van der Waals surface area contributed by atoms with Gasteiger partial charge in [-0.05, 0) is 37.4 Å². The molecule has 1 aliphatic rings. The van der Waals surface area contributed by atoms with Crippen LogP contribution in [0, 0.1) is 0 Å². The van der Waals surface area contributed by atoms with Crippen LogP contribution in [0.25, 0.3) is 0 Å². The highest BCUT2D eigenvalue weighted by atomic mass is 32.2. The Kier molecular flexibility index (Phi) is 5.73. The summed E-state index contributed by atoms with van der Waals surface area (Å²) in [5.41, 5.74) is 2.50. The molecular weight excluding hydrogens is 356 g/mol. The van der Waals surface area contributed by atoms with Crippen LogP contribution in [0.1, 0.15) is 37.3 Å². The number of sulfonamides is 1. The number of aromatic nitrogens is 1. The molecular formula is C17H24N4O2S2. The van der Waals surface area contributed by atoms with E-state index in [1.807, 2.05) is 6.07 Å². The molecule has 0 saturated carbocycles. The zero-order valence-corrected chi connectivity index (χ0v) is 15.9. The number of hydrogen-bond donors (Lipinski definition) is 2. The summed E-state index contributed by atoms with van der Waals surface area (Å²) in [4.78, 5) is 6.63. The Bertz CT molecular complexity index is 820. The van der Waals surface area contributed by atoms with Crippen molar-refractivity contribution in [1.29, 1.82) is 0 Å². The van der Waals surface area contributed by atoms with Crippen LogP contribution in [0.3, 0.4) is 0 Å². The summed E-state index contributed by atoms with van der Waals surface area (Å²) in [7, 11) is -3.69. The molecule has 0 spiro atoms. The number of nitrogens with zero attached hydrogens (tertiary/aromatic N) is 2. The second kappa shape index (κ2) is 7.82. The van der Waals surface area contributed by atoms with Gasteiger partial charge in [0.1, 0.15) is 0 Å². The smallest absolute Gasteiger partial charge is 0.249 e. The fourth-order valence-corrected chi connectivity index (χ4v) is 4.59. The number of rotatable bonds is 6. The number of nitrogens with one attached hydrogen (secondary N) is 1. The Hall–Kier alpha value is -1.48. The van der Waals surface area contributed by atoms with E-state index in [4.69, 9.17) is 5.14 Å². The van der Waals surface area contributed by atoms with Gasteiger partial charge in [0, 0.05) is 19.1 Å². The van der Waals surface area contributed by atoms with Gasteiger partial charge in [0.2, 0.25) is 10.0 Å². The molecule has 0 radical (unpaired) electrons. The quantitative estimate of drug-likeness (QED) is 0.804. The fraction of sp³-hybridized carbons (Fsp3) is 0.471. The van der Waals surface area contributed by atoms with Crippen molar-refractivity contribution in [3.05, 3.63) is 41.6 Å². The number of benzene rings is 1. The summed E-state index contributed by atoms with van der Waals surface area (Å²) in [6.45, 7) is 4.99. The minimum Gasteiger partial charge on any atom is -0.357 e. The van der Waals surface area contributed by atoms with E-state index in [-0.39, 0.29) is 4.21 Å². The molecule has 1 unspecified atom stereocenters. The van der Waals surface area contributed by atoms with Gasteiger partial charge in [-0.2, -0.15) is 0 Å². The first-order valence-corrected chi connectivity index (χ1v) is 10.8. The van der Waals surface area contributed by atoms with Crippen molar-refractivity contribution in [2.45, 2.75) is 49.5 Å². The predicted octanol–water partition coefficient (Wildman–Crippen LogP) is 2.78. The summed E-state index contributed by atoms with van der Waals surface area (Å²) in [6, 6.07) is 8.97. The average molecular weight is 381 g/mol. The summed E-state index contributed by atoms with van der Waals surface area (Å²) >= 11 is 1.06. The summed E-state index contributed by atoms with van der Waals surface area (Å²) in [5.74, 6) is 0. The number of hydrogen-bond acceptors (Lipinski definition) is 6. The molecule has 0 aliphatic carbocycles. The molecule has 2 aromatic rings. The van der Waals surface area contributed by atoms with Crippen molar-refractivity contribution < 1.29 is 8.42 Å². The van der Waals surface area contributed by atoms with E-state index in [9.17, 15) is 8.42 Å². The molecule has 136 valence electrons. The Balaban J connectivity index is 1.67. The van der Waals surface area contributed by atoms with Gasteiger partial charge in [-0.1, -0.05) is 42.0 Å². The number of primary sulfonamides is 1. The van der Waals surface area contributed by atoms with Gasteiger partial charge in [0.25, 0.3) is 0 Å². The molecule has 0 bridgehead atoms. The van der Waals surface area contributed by atoms with Gasteiger partial charge < -0.3 is 5.32 Å². The molecule has 1 aromatic carbocycles. The largest absolute Gasteiger partial charge is 0.357 e. The van der Waals surface area contributed by atoms with Gasteiger partial charge >= 0.3 is 0 Å². The topological polar surface area (TPSA) is 88.3 Å². The van der Waals surface area contributed by atoms with Crippen LogP contribution >= 0.6 is 11.3 Å². The highest BCUT2D eigenvalue weighted by Gasteiger charge is 2.19. The average Bonchev–Trinajstić information content (AvgIpc) is 3.05. The van der Waals surface area contributed by atoms with Gasteiger partial charge in [-0.25, -0.2) is 18.5 Å². The lowest BCUT2D eigenvalue weighted by atomic mass is 10.0. The van der Waals surface area contributed by atoms with Crippen LogP contribution in [0.2, 0.25) is 0 Å². The summed E-state index contributed by atoms with van der Waals surface area (Å²) in [5, 5.41) is 8.90. The first kappa shape index (κ1) is 18.3. The van der Waals surface area contributed by atoms with Gasteiger partial charge in [-0.15, -0.1) is 0 Å². The van der Waals surface area contributed by atoms with Crippen LogP contribution in [0.4, 0.5) is 5.13 Å². The molecule has 1 aromatic heterocycles. The Morgan fingerprint density at radius 2 is 2.08 bits per heavy atom. The zero-order valence-electron chi connectivity index (χ0n) is 14.3. The third-order valence-corrected chi connectivity index (χ3v) is 6.99. The number of anilines is 1. The summed E-state index contributed by atoms with van der Waals surface area (Å²) < 4.78 is 22.8. The number of piperidine rings is 1. The van der Waals surface area contributed by atoms with Gasteiger partial charge in [-0.3, -0.25) is 4.90 Å². The van der Waals surface area contributed by atoms with E-state index in [2.05, 4.69) is 40.3 Å². The predicted molar refractivity (Wildman–Crippen MR) is 101 cm³/mol. The highest BCUT2D eigenvalue weighted by molar-refractivity contribution is 7.91. The van der Waals surface area contributed by atoms with Crippen LogP contribution in [0.15, 0.2) is 34.7 Å². The number of nitrogens with two attached hydrogens (primary N) is 1. The molecule has 2 heterocycles. The minimum absolute atomic E-state index is 0.0745. The molecule has 1 aliphatic heterocycles. The highest BCUT2D eigenvalue weighted by Crippen LogP contribution is 2.24. The molecule has 1 fully saturated rings. The van der Waals surface area contributed by atoms with Gasteiger partial charge in [0.15, 0.2) is 9.34 Å². The maximum absolute atomic E-state index is 11.3. The Labute approximate surface area is 153 Å². The molecule has 1 atom stereocenters. The zero-order chi connectivity index (χ0) is 17.9. The molecule has 8 heteroatoms. The molecule has 1 saturated heterocycles. The van der Waals surface area contributed by atoms with Crippen molar-refractivity contribution >= 4 is 26.5 Å². The molecule has 25 heavy (non-hydrogen) atoms. The lowest BCUT2D eigenvalue weighted by Crippen LogP contribution is -2.37. The van der Waals surface area contributed by atoms with Crippen LogP contribution in [-0.2, 0) is 23.1 Å². The van der Waals surface area contributed by atoms with Crippen molar-refractivity contribution in [2.24, 2.45) is 5.14 Å². The fourth-order valence-electron chi connectivity index (χ4n) is 3.14. The van der Waals surface area contributed by atoms with Crippen molar-refractivity contribution in [3.8, 4) is 0 Å². The molecule has 0 amide bonds. The lowest BCUT2D eigenvalue weighted by Gasteiger charge is -2.33. The van der Waals surface area contributed by atoms with E-state index >= 15 is 0 Å². The van der Waals surface area contributed by atoms with Crippen LogP contribution in [0.5, 0.6) is 0 Å². The van der Waals surface area contributed by atoms with Crippen LogP contribution in [-0.4, -0.2) is 30.9 Å². The maximum Gasteiger partial charge on any atom is 0.249 e. The lowest BCUT2D eigenvalue weighted by molar-refractivity contribution is 0.152. The Morgan fingerprint density at radius 1 is 1.32 bits per heavy atom. The van der Waals surface area contributed by atoms with E-state index in [1.54, 1.807) is 0 Å². The van der Waals surface area contributed by atoms with E-state index in [0.29, 0.717) is 17.7 Å². The Morgan fingerprint density at radius 3 is 2.76 bits per heavy atom. The molecule has 3 rings (SSSR count). The monoisotopic (exact) mass is 380 g/mol.